The van der Waals surface area contributed by atoms with E-state index >= 15 is 0 Å². The molecule has 0 radical (unpaired) electrons. The van der Waals surface area contributed by atoms with E-state index in [1.165, 1.54) is 0 Å². The SMILES string of the molecule is CCOc1ccc(/C=C2/SC(=O)N(CC(=O)Nc3ccc(Cl)cc3)C2=O)cc1OCC. The van der Waals surface area contributed by atoms with Crippen molar-refractivity contribution >= 4 is 52.2 Å². The Hall–Kier alpha value is -2.97. The number of nitrogens with zero attached hydrogens (tertiary/aromatic N) is 1. The molecule has 1 saturated heterocycles. The predicted octanol–water partition coefficient (Wildman–Crippen LogP) is 4.81. The fourth-order valence-corrected chi connectivity index (χ4v) is 3.79. The molecule has 7 nitrogen and oxygen atoms in total. The summed E-state index contributed by atoms with van der Waals surface area (Å²) in [7, 11) is 0. The second-order valence-corrected chi connectivity index (χ2v) is 7.82. The van der Waals surface area contributed by atoms with Gasteiger partial charge in [-0.05, 0) is 73.6 Å². The molecule has 0 bridgehead atoms. The first-order valence-corrected chi connectivity index (χ1v) is 10.8. The summed E-state index contributed by atoms with van der Waals surface area (Å²) < 4.78 is 11.1. The molecule has 0 atom stereocenters. The summed E-state index contributed by atoms with van der Waals surface area (Å²) >= 11 is 6.61. The summed E-state index contributed by atoms with van der Waals surface area (Å²) in [5.74, 6) is 0.159. The van der Waals surface area contributed by atoms with Crippen molar-refractivity contribution in [1.82, 2.24) is 4.90 Å². The highest BCUT2D eigenvalue weighted by atomic mass is 35.5. The number of carbonyl (C=O) groups excluding carboxylic acids is 3. The number of carbonyl (C=O) groups is 3. The van der Waals surface area contributed by atoms with Crippen LogP contribution in [0.15, 0.2) is 47.4 Å². The number of rotatable bonds is 8. The second-order valence-electron chi connectivity index (χ2n) is 6.40. The van der Waals surface area contributed by atoms with E-state index in [9.17, 15) is 14.4 Å². The number of benzene rings is 2. The normalized spacial score (nSPS) is 14.8. The van der Waals surface area contributed by atoms with E-state index < -0.39 is 17.1 Å². The number of amides is 3. The topological polar surface area (TPSA) is 84.9 Å². The van der Waals surface area contributed by atoms with Crippen molar-refractivity contribution in [3.8, 4) is 11.5 Å². The van der Waals surface area contributed by atoms with E-state index in [1.807, 2.05) is 13.8 Å². The molecule has 1 aliphatic rings. The van der Waals surface area contributed by atoms with Gasteiger partial charge in [0.15, 0.2) is 11.5 Å². The van der Waals surface area contributed by atoms with Crippen molar-refractivity contribution < 1.29 is 23.9 Å². The zero-order chi connectivity index (χ0) is 22.4. The lowest BCUT2D eigenvalue weighted by Crippen LogP contribution is -2.36. The number of ether oxygens (including phenoxy) is 2. The number of hydrogen-bond donors (Lipinski definition) is 1. The molecule has 0 spiro atoms. The summed E-state index contributed by atoms with van der Waals surface area (Å²) in [4.78, 5) is 38.4. The van der Waals surface area contributed by atoms with E-state index in [0.717, 1.165) is 16.7 Å². The van der Waals surface area contributed by atoms with Crippen LogP contribution in [0, 0.1) is 0 Å². The predicted molar refractivity (Wildman–Crippen MR) is 122 cm³/mol. The maximum absolute atomic E-state index is 12.7. The van der Waals surface area contributed by atoms with Crippen molar-refractivity contribution in [3.63, 3.8) is 0 Å². The molecule has 162 valence electrons. The third-order valence-corrected chi connectivity index (χ3v) is 5.33. The van der Waals surface area contributed by atoms with Crippen molar-refractivity contribution in [3.05, 3.63) is 58.0 Å². The first-order chi connectivity index (χ1) is 14.9. The van der Waals surface area contributed by atoms with Crippen molar-refractivity contribution in [2.24, 2.45) is 0 Å². The van der Waals surface area contributed by atoms with Crippen LogP contribution in [-0.4, -0.2) is 41.7 Å². The van der Waals surface area contributed by atoms with Crippen LogP contribution in [0.3, 0.4) is 0 Å². The van der Waals surface area contributed by atoms with Gasteiger partial charge in [-0.2, -0.15) is 0 Å². The quantitative estimate of drug-likeness (QED) is 0.569. The highest BCUT2D eigenvalue weighted by Crippen LogP contribution is 2.34. The Kier molecular flexibility index (Phi) is 7.59. The maximum atomic E-state index is 12.7. The molecule has 0 saturated carbocycles. The van der Waals surface area contributed by atoms with Crippen LogP contribution in [0.5, 0.6) is 11.5 Å². The van der Waals surface area contributed by atoms with Gasteiger partial charge in [0.05, 0.1) is 18.1 Å². The van der Waals surface area contributed by atoms with Crippen LogP contribution in [-0.2, 0) is 9.59 Å². The second kappa shape index (κ2) is 10.4. The number of anilines is 1. The molecule has 0 aromatic heterocycles. The molecule has 1 fully saturated rings. The highest BCUT2D eigenvalue weighted by Gasteiger charge is 2.36. The summed E-state index contributed by atoms with van der Waals surface area (Å²) in [6.07, 6.45) is 1.60. The third kappa shape index (κ3) is 5.80. The molecule has 1 N–H and O–H groups in total. The molecule has 2 aromatic rings. The van der Waals surface area contributed by atoms with Gasteiger partial charge in [0.25, 0.3) is 11.1 Å². The lowest BCUT2D eigenvalue weighted by atomic mass is 10.2. The first kappa shape index (κ1) is 22.7. The number of halogens is 1. The van der Waals surface area contributed by atoms with Crippen LogP contribution in [0.25, 0.3) is 6.08 Å². The van der Waals surface area contributed by atoms with Crippen LogP contribution >= 0.6 is 23.4 Å². The van der Waals surface area contributed by atoms with Gasteiger partial charge in [0.1, 0.15) is 6.54 Å². The number of nitrogens with one attached hydrogen (secondary N) is 1. The van der Waals surface area contributed by atoms with Crippen molar-refractivity contribution in [2.75, 3.05) is 25.1 Å². The Labute approximate surface area is 189 Å². The van der Waals surface area contributed by atoms with Gasteiger partial charge in [0, 0.05) is 10.7 Å². The zero-order valence-electron chi connectivity index (χ0n) is 17.0. The van der Waals surface area contributed by atoms with Gasteiger partial charge in [-0.25, -0.2) is 0 Å². The lowest BCUT2D eigenvalue weighted by molar-refractivity contribution is -0.127. The molecule has 0 aliphatic carbocycles. The Bertz CT molecular complexity index is 1020. The number of imide groups is 1. The molecule has 31 heavy (non-hydrogen) atoms. The minimum absolute atomic E-state index is 0.232. The fraction of sp³-hybridized carbons (Fsp3) is 0.227. The van der Waals surface area contributed by atoms with E-state index in [-0.39, 0.29) is 11.4 Å². The number of thioether (sulfide) groups is 1. The van der Waals surface area contributed by atoms with Crippen LogP contribution in [0.4, 0.5) is 10.5 Å². The van der Waals surface area contributed by atoms with E-state index in [2.05, 4.69) is 5.32 Å². The molecule has 0 unspecified atom stereocenters. The molecule has 9 heteroatoms. The average Bonchev–Trinajstić information content (AvgIpc) is 2.99. The molecule has 3 amide bonds. The van der Waals surface area contributed by atoms with Crippen LogP contribution in [0.1, 0.15) is 19.4 Å². The van der Waals surface area contributed by atoms with Gasteiger partial charge >= 0.3 is 0 Å². The van der Waals surface area contributed by atoms with E-state index in [4.69, 9.17) is 21.1 Å². The minimum Gasteiger partial charge on any atom is -0.490 e. The average molecular weight is 461 g/mol. The van der Waals surface area contributed by atoms with E-state index in [0.29, 0.717) is 41.0 Å². The summed E-state index contributed by atoms with van der Waals surface area (Å²) in [6, 6.07) is 11.8. The van der Waals surface area contributed by atoms with Crippen molar-refractivity contribution in [1.29, 1.82) is 0 Å². The Balaban J connectivity index is 1.71. The maximum Gasteiger partial charge on any atom is 0.294 e. The largest absolute Gasteiger partial charge is 0.490 e. The first-order valence-electron chi connectivity index (χ1n) is 9.61. The minimum atomic E-state index is -0.520. The summed E-state index contributed by atoms with van der Waals surface area (Å²) in [6.45, 7) is 4.32. The van der Waals surface area contributed by atoms with Crippen molar-refractivity contribution in [2.45, 2.75) is 13.8 Å². The molecular weight excluding hydrogens is 440 g/mol. The summed E-state index contributed by atoms with van der Waals surface area (Å²) in [5.41, 5.74) is 1.21. The van der Waals surface area contributed by atoms with Gasteiger partial charge < -0.3 is 14.8 Å². The third-order valence-electron chi connectivity index (χ3n) is 4.17. The van der Waals surface area contributed by atoms with Gasteiger partial charge in [0.2, 0.25) is 5.91 Å². The fourth-order valence-electron chi connectivity index (χ4n) is 2.82. The van der Waals surface area contributed by atoms with Gasteiger partial charge in [-0.1, -0.05) is 17.7 Å². The Morgan fingerprint density at radius 1 is 1.06 bits per heavy atom. The number of hydrogen-bond acceptors (Lipinski definition) is 6. The smallest absolute Gasteiger partial charge is 0.294 e. The lowest BCUT2D eigenvalue weighted by Gasteiger charge is -2.12. The van der Waals surface area contributed by atoms with Crippen LogP contribution in [0.2, 0.25) is 5.02 Å². The standard InChI is InChI=1S/C22H21ClN2O5S/c1-3-29-17-10-5-14(11-18(17)30-4-2)12-19-21(27)25(22(28)31-19)13-20(26)24-16-8-6-15(23)7-9-16/h5-12H,3-4,13H2,1-2H3,(H,24,26)/b19-12+. The molecule has 1 aliphatic heterocycles. The highest BCUT2D eigenvalue weighted by molar-refractivity contribution is 8.18. The van der Waals surface area contributed by atoms with E-state index in [1.54, 1.807) is 48.5 Å². The Morgan fingerprint density at radius 2 is 1.74 bits per heavy atom. The Morgan fingerprint density at radius 3 is 2.42 bits per heavy atom. The molecule has 2 aromatic carbocycles. The summed E-state index contributed by atoms with van der Waals surface area (Å²) in [5, 5.41) is 2.67. The van der Waals surface area contributed by atoms with Gasteiger partial charge in [-0.15, -0.1) is 0 Å². The van der Waals surface area contributed by atoms with Gasteiger partial charge in [-0.3, -0.25) is 19.3 Å². The molecule has 3 rings (SSSR count). The monoisotopic (exact) mass is 460 g/mol. The molecular formula is C22H21ClN2O5S. The zero-order valence-corrected chi connectivity index (χ0v) is 18.6. The van der Waals surface area contributed by atoms with Crippen LogP contribution < -0.4 is 14.8 Å². The molecule has 1 heterocycles.